The number of fused-ring (bicyclic) bond motifs is 1. The number of aromatic amines is 1. The number of benzene rings is 2. The van der Waals surface area contributed by atoms with Crippen molar-refractivity contribution in [2.45, 2.75) is 33.4 Å². The topological polar surface area (TPSA) is 94.6 Å². The fraction of sp³-hybridized carbons (Fsp3) is 0.360. The summed E-state index contributed by atoms with van der Waals surface area (Å²) in [5.41, 5.74) is 4.05. The number of halogens is 1. The summed E-state index contributed by atoms with van der Waals surface area (Å²) in [6.45, 7) is 9.81. The lowest BCUT2D eigenvalue weighted by Crippen LogP contribution is -2.53. The SMILES string of the molecule is Cc1[nH]nc2ccc(-c3nnc(NCc4cccc(Br)c4)c(N4CCNC(C(C)C)C4)n3)cc12. The van der Waals surface area contributed by atoms with E-state index in [2.05, 4.69) is 83.9 Å². The molecule has 1 aliphatic rings. The van der Waals surface area contributed by atoms with Gasteiger partial charge in [0, 0.05) is 53.3 Å². The molecule has 1 unspecified atom stereocenters. The smallest absolute Gasteiger partial charge is 0.192 e. The molecule has 3 heterocycles. The Balaban J connectivity index is 1.50. The predicted molar refractivity (Wildman–Crippen MR) is 140 cm³/mol. The molecule has 2 aromatic carbocycles. The third-order valence-electron chi connectivity index (χ3n) is 6.33. The molecule has 5 rings (SSSR count). The van der Waals surface area contributed by atoms with Crippen molar-refractivity contribution in [2.24, 2.45) is 5.92 Å². The summed E-state index contributed by atoms with van der Waals surface area (Å²) < 4.78 is 1.05. The standard InChI is InChI=1S/C25H29BrN8/c1-15(2)22-14-34(10-9-27-22)25-24(28-13-17-5-4-6-19(26)11-17)33-32-23(29-25)18-7-8-21-20(12-18)16(3)30-31-21/h4-8,11-12,15,22,27H,9-10,13-14H2,1-3H3,(H,28,33)(H,30,31). The van der Waals surface area contributed by atoms with E-state index in [-0.39, 0.29) is 0 Å². The summed E-state index contributed by atoms with van der Waals surface area (Å²) in [6, 6.07) is 14.7. The minimum Gasteiger partial charge on any atom is -0.361 e. The normalized spacial score (nSPS) is 16.4. The first-order valence-electron chi connectivity index (χ1n) is 11.6. The Kier molecular flexibility index (Phi) is 6.47. The van der Waals surface area contributed by atoms with Gasteiger partial charge in [-0.2, -0.15) is 5.10 Å². The molecule has 9 heteroatoms. The molecule has 0 bridgehead atoms. The molecule has 4 aromatic rings. The highest BCUT2D eigenvalue weighted by Crippen LogP contribution is 2.28. The number of hydrogen-bond donors (Lipinski definition) is 3. The van der Waals surface area contributed by atoms with Crippen molar-refractivity contribution in [3.63, 3.8) is 0 Å². The van der Waals surface area contributed by atoms with Crippen LogP contribution in [0.5, 0.6) is 0 Å². The van der Waals surface area contributed by atoms with Crippen LogP contribution in [-0.2, 0) is 6.54 Å². The summed E-state index contributed by atoms with van der Waals surface area (Å²) in [5, 5.41) is 24.7. The van der Waals surface area contributed by atoms with Gasteiger partial charge in [-0.15, -0.1) is 10.2 Å². The number of anilines is 2. The van der Waals surface area contributed by atoms with Gasteiger partial charge in [0.1, 0.15) is 0 Å². The van der Waals surface area contributed by atoms with E-state index in [0.29, 0.717) is 30.1 Å². The van der Waals surface area contributed by atoms with Crippen molar-refractivity contribution < 1.29 is 0 Å². The van der Waals surface area contributed by atoms with Gasteiger partial charge < -0.3 is 15.5 Å². The number of aromatic nitrogens is 5. The minimum absolute atomic E-state index is 0.398. The van der Waals surface area contributed by atoms with Gasteiger partial charge in [0.2, 0.25) is 0 Å². The Morgan fingerprint density at radius 2 is 2.06 bits per heavy atom. The molecule has 0 amide bonds. The minimum atomic E-state index is 0.398. The van der Waals surface area contributed by atoms with Gasteiger partial charge in [0.25, 0.3) is 0 Å². The van der Waals surface area contributed by atoms with Crippen LogP contribution in [0.1, 0.15) is 25.1 Å². The Morgan fingerprint density at radius 3 is 2.88 bits per heavy atom. The van der Waals surface area contributed by atoms with Crippen molar-refractivity contribution >= 4 is 38.5 Å². The zero-order valence-corrected chi connectivity index (χ0v) is 21.2. The lowest BCUT2D eigenvalue weighted by Gasteiger charge is -2.37. The lowest BCUT2D eigenvalue weighted by molar-refractivity contribution is 0.367. The van der Waals surface area contributed by atoms with E-state index in [4.69, 9.17) is 4.98 Å². The van der Waals surface area contributed by atoms with E-state index in [1.54, 1.807) is 0 Å². The van der Waals surface area contributed by atoms with Gasteiger partial charge >= 0.3 is 0 Å². The molecular weight excluding hydrogens is 492 g/mol. The third kappa shape index (κ3) is 4.76. The zero-order valence-electron chi connectivity index (χ0n) is 19.6. The van der Waals surface area contributed by atoms with E-state index in [9.17, 15) is 0 Å². The largest absolute Gasteiger partial charge is 0.361 e. The Labute approximate surface area is 207 Å². The van der Waals surface area contributed by atoms with E-state index in [1.165, 1.54) is 0 Å². The van der Waals surface area contributed by atoms with Crippen molar-refractivity contribution in [3.8, 4) is 11.4 Å². The summed E-state index contributed by atoms with van der Waals surface area (Å²) in [4.78, 5) is 7.36. The monoisotopic (exact) mass is 520 g/mol. The average molecular weight is 521 g/mol. The first-order valence-corrected chi connectivity index (χ1v) is 12.4. The maximum Gasteiger partial charge on any atom is 0.192 e. The highest BCUT2D eigenvalue weighted by molar-refractivity contribution is 9.10. The maximum atomic E-state index is 5.03. The van der Waals surface area contributed by atoms with Crippen molar-refractivity contribution in [1.82, 2.24) is 30.7 Å². The lowest BCUT2D eigenvalue weighted by atomic mass is 10.0. The van der Waals surface area contributed by atoms with Crippen LogP contribution in [0.4, 0.5) is 11.6 Å². The fourth-order valence-corrected chi connectivity index (χ4v) is 4.75. The Morgan fingerprint density at radius 1 is 1.18 bits per heavy atom. The van der Waals surface area contributed by atoms with Crippen LogP contribution in [0.25, 0.3) is 22.3 Å². The number of rotatable bonds is 6. The zero-order chi connectivity index (χ0) is 23.7. The number of nitrogens with one attached hydrogen (secondary N) is 3. The van der Waals surface area contributed by atoms with Crippen molar-refractivity contribution in [2.75, 3.05) is 29.9 Å². The quantitative estimate of drug-likeness (QED) is 0.343. The average Bonchev–Trinajstić information content (AvgIpc) is 3.23. The Bertz CT molecular complexity index is 1300. The predicted octanol–water partition coefficient (Wildman–Crippen LogP) is 4.53. The summed E-state index contributed by atoms with van der Waals surface area (Å²) in [6.07, 6.45) is 0. The van der Waals surface area contributed by atoms with E-state index in [0.717, 1.165) is 57.6 Å². The molecule has 8 nitrogen and oxygen atoms in total. The van der Waals surface area contributed by atoms with Crippen LogP contribution in [0.15, 0.2) is 46.9 Å². The second kappa shape index (κ2) is 9.68. The van der Waals surface area contributed by atoms with E-state index in [1.807, 2.05) is 31.2 Å². The Hall–Kier alpha value is -3.04. The second-order valence-electron chi connectivity index (χ2n) is 9.12. The molecular formula is C25H29BrN8. The first kappa shape index (κ1) is 22.7. The maximum absolute atomic E-state index is 5.03. The number of aryl methyl sites for hydroxylation is 1. The van der Waals surface area contributed by atoms with Crippen molar-refractivity contribution in [3.05, 3.63) is 58.2 Å². The number of nitrogens with zero attached hydrogens (tertiary/aromatic N) is 5. The molecule has 0 radical (unpaired) electrons. The van der Waals surface area contributed by atoms with Gasteiger partial charge in [-0.3, -0.25) is 5.10 Å². The van der Waals surface area contributed by atoms with Crippen LogP contribution in [0.2, 0.25) is 0 Å². The van der Waals surface area contributed by atoms with Gasteiger partial charge in [0.15, 0.2) is 17.5 Å². The molecule has 1 saturated heterocycles. The molecule has 1 aliphatic heterocycles. The molecule has 2 aromatic heterocycles. The van der Waals surface area contributed by atoms with Gasteiger partial charge in [-0.05, 0) is 48.7 Å². The van der Waals surface area contributed by atoms with Crippen LogP contribution in [-0.4, -0.2) is 51.1 Å². The molecule has 34 heavy (non-hydrogen) atoms. The van der Waals surface area contributed by atoms with Crippen LogP contribution in [0, 0.1) is 12.8 Å². The van der Waals surface area contributed by atoms with Crippen LogP contribution < -0.4 is 15.5 Å². The molecule has 3 N–H and O–H groups in total. The first-order chi connectivity index (χ1) is 16.5. The van der Waals surface area contributed by atoms with Gasteiger partial charge in [-0.25, -0.2) is 4.98 Å². The number of hydrogen-bond acceptors (Lipinski definition) is 7. The van der Waals surface area contributed by atoms with Gasteiger partial charge in [0.05, 0.1) is 5.52 Å². The summed E-state index contributed by atoms with van der Waals surface area (Å²) >= 11 is 3.55. The fourth-order valence-electron chi connectivity index (χ4n) is 4.30. The van der Waals surface area contributed by atoms with Crippen LogP contribution in [0.3, 0.4) is 0 Å². The van der Waals surface area contributed by atoms with Crippen molar-refractivity contribution in [1.29, 1.82) is 0 Å². The summed E-state index contributed by atoms with van der Waals surface area (Å²) in [5.74, 6) is 2.69. The molecule has 176 valence electrons. The number of H-pyrrole nitrogens is 1. The summed E-state index contributed by atoms with van der Waals surface area (Å²) in [7, 11) is 0. The molecule has 1 fully saturated rings. The number of piperazine rings is 1. The molecule has 0 aliphatic carbocycles. The van der Waals surface area contributed by atoms with Gasteiger partial charge in [-0.1, -0.05) is 41.9 Å². The molecule has 0 spiro atoms. The molecule has 0 saturated carbocycles. The third-order valence-corrected chi connectivity index (χ3v) is 6.82. The second-order valence-corrected chi connectivity index (χ2v) is 10.0. The van der Waals surface area contributed by atoms with Crippen LogP contribution >= 0.6 is 15.9 Å². The highest BCUT2D eigenvalue weighted by atomic mass is 79.9. The molecule has 1 atom stereocenters. The van der Waals surface area contributed by atoms with E-state index >= 15 is 0 Å². The highest BCUT2D eigenvalue weighted by Gasteiger charge is 2.26. The van der Waals surface area contributed by atoms with E-state index < -0.39 is 0 Å².